The van der Waals surface area contributed by atoms with Crippen LogP contribution in [0.25, 0.3) is 10.8 Å². The SMILES string of the molecule is CCOC(=O)COc1c(C(=O)O)n(CC(C)(C)C)c(=O)c2cc(Cl)c(Cl)cc12. The number of aromatic nitrogens is 1. The lowest BCUT2D eigenvalue weighted by molar-refractivity contribution is -0.145. The molecule has 0 radical (unpaired) electrons. The van der Waals surface area contributed by atoms with Gasteiger partial charge in [-0.15, -0.1) is 0 Å². The third kappa shape index (κ3) is 4.77. The van der Waals surface area contributed by atoms with Gasteiger partial charge in [0.05, 0.1) is 22.0 Å². The minimum atomic E-state index is -1.37. The van der Waals surface area contributed by atoms with E-state index in [9.17, 15) is 19.5 Å². The number of carbonyl (C=O) groups excluding carboxylic acids is 1. The van der Waals surface area contributed by atoms with E-state index in [0.29, 0.717) is 0 Å². The molecule has 0 aliphatic rings. The average Bonchev–Trinajstić information content (AvgIpc) is 2.56. The molecule has 0 atom stereocenters. The molecular weight excluding hydrogens is 409 g/mol. The number of benzene rings is 1. The van der Waals surface area contributed by atoms with Gasteiger partial charge in [-0.05, 0) is 24.5 Å². The van der Waals surface area contributed by atoms with Gasteiger partial charge in [-0.2, -0.15) is 0 Å². The zero-order chi connectivity index (χ0) is 21.2. The number of nitrogens with zero attached hydrogens (tertiary/aromatic N) is 1. The molecule has 1 heterocycles. The van der Waals surface area contributed by atoms with Gasteiger partial charge < -0.3 is 14.6 Å². The van der Waals surface area contributed by atoms with Crippen LogP contribution in [0.5, 0.6) is 5.75 Å². The summed E-state index contributed by atoms with van der Waals surface area (Å²) in [5.74, 6) is -2.17. The fourth-order valence-corrected chi connectivity index (χ4v) is 3.05. The highest BCUT2D eigenvalue weighted by Crippen LogP contribution is 2.34. The van der Waals surface area contributed by atoms with Gasteiger partial charge in [-0.1, -0.05) is 44.0 Å². The van der Waals surface area contributed by atoms with Gasteiger partial charge in [-0.25, -0.2) is 9.59 Å². The number of fused-ring (bicyclic) bond motifs is 1. The van der Waals surface area contributed by atoms with E-state index in [1.807, 2.05) is 20.8 Å². The van der Waals surface area contributed by atoms with Gasteiger partial charge >= 0.3 is 11.9 Å². The lowest BCUT2D eigenvalue weighted by Crippen LogP contribution is -2.32. The summed E-state index contributed by atoms with van der Waals surface area (Å²) in [5, 5.41) is 10.4. The molecule has 9 heteroatoms. The Morgan fingerprint density at radius 3 is 2.21 bits per heavy atom. The lowest BCUT2D eigenvalue weighted by atomic mass is 9.96. The molecule has 1 aromatic carbocycles. The molecule has 1 N–H and O–H groups in total. The van der Waals surface area contributed by atoms with E-state index < -0.39 is 29.5 Å². The first kappa shape index (κ1) is 22.0. The third-order valence-electron chi connectivity index (χ3n) is 3.74. The second-order valence-corrected chi connectivity index (χ2v) is 8.15. The maximum atomic E-state index is 13.0. The van der Waals surface area contributed by atoms with Gasteiger partial charge in [-0.3, -0.25) is 9.36 Å². The average molecular weight is 430 g/mol. The number of aromatic carboxylic acids is 1. The van der Waals surface area contributed by atoms with E-state index in [0.717, 1.165) is 4.57 Å². The van der Waals surface area contributed by atoms with Crippen molar-refractivity contribution in [2.24, 2.45) is 5.41 Å². The third-order valence-corrected chi connectivity index (χ3v) is 4.46. The van der Waals surface area contributed by atoms with Crippen molar-refractivity contribution in [1.29, 1.82) is 0 Å². The lowest BCUT2D eigenvalue weighted by Gasteiger charge is -2.24. The molecule has 0 aliphatic carbocycles. The van der Waals surface area contributed by atoms with Crippen LogP contribution in [0.3, 0.4) is 0 Å². The summed E-state index contributed by atoms with van der Waals surface area (Å²) in [5.41, 5.74) is -1.31. The Bertz CT molecular complexity index is 991. The van der Waals surface area contributed by atoms with E-state index in [-0.39, 0.29) is 45.4 Å². The summed E-state index contributed by atoms with van der Waals surface area (Å²) in [6.45, 7) is 6.98. The van der Waals surface area contributed by atoms with Gasteiger partial charge in [0.15, 0.2) is 18.1 Å². The van der Waals surface area contributed by atoms with Gasteiger partial charge in [0, 0.05) is 11.9 Å². The zero-order valence-electron chi connectivity index (χ0n) is 16.0. The first-order valence-electron chi connectivity index (χ1n) is 8.53. The number of pyridine rings is 1. The summed E-state index contributed by atoms with van der Waals surface area (Å²) < 4.78 is 11.5. The Balaban J connectivity index is 2.84. The monoisotopic (exact) mass is 429 g/mol. The maximum absolute atomic E-state index is 13.0. The summed E-state index contributed by atoms with van der Waals surface area (Å²) in [6.07, 6.45) is 0. The van der Waals surface area contributed by atoms with E-state index in [4.69, 9.17) is 32.7 Å². The fraction of sp³-hybridized carbons (Fsp3) is 0.421. The van der Waals surface area contributed by atoms with Crippen molar-refractivity contribution >= 4 is 45.9 Å². The number of hydrogen-bond acceptors (Lipinski definition) is 5. The van der Waals surface area contributed by atoms with Crippen LogP contribution in [0.2, 0.25) is 10.0 Å². The summed E-state index contributed by atoms with van der Waals surface area (Å²) in [7, 11) is 0. The first-order valence-corrected chi connectivity index (χ1v) is 9.29. The molecule has 152 valence electrons. The number of esters is 1. The quantitative estimate of drug-likeness (QED) is 0.697. The number of halogens is 2. The number of carboxylic acids is 1. The second kappa shape index (κ2) is 8.41. The van der Waals surface area contributed by atoms with E-state index >= 15 is 0 Å². The molecule has 0 fully saturated rings. The van der Waals surface area contributed by atoms with Crippen molar-refractivity contribution in [3.63, 3.8) is 0 Å². The molecular formula is C19H21Cl2NO6. The standard InChI is InChI=1S/C19H21Cl2NO6/c1-5-27-14(23)8-28-16-10-6-12(20)13(21)7-11(10)17(24)22(9-19(2,3)4)15(16)18(25)26/h6-7H,5,8-9H2,1-4H3,(H,25,26). The number of carbonyl (C=O) groups is 2. The summed E-state index contributed by atoms with van der Waals surface area (Å²) >= 11 is 12.1. The molecule has 0 saturated heterocycles. The van der Waals surface area contributed by atoms with Crippen molar-refractivity contribution in [2.75, 3.05) is 13.2 Å². The van der Waals surface area contributed by atoms with Gasteiger partial charge in [0.25, 0.3) is 5.56 Å². The van der Waals surface area contributed by atoms with E-state index in [2.05, 4.69) is 0 Å². The Labute approximate surface area is 171 Å². The molecule has 0 spiro atoms. The molecule has 7 nitrogen and oxygen atoms in total. The maximum Gasteiger partial charge on any atom is 0.356 e. The predicted octanol–water partition coefficient (Wildman–Crippen LogP) is 3.99. The Morgan fingerprint density at radius 2 is 1.71 bits per heavy atom. The first-order chi connectivity index (χ1) is 13.0. The van der Waals surface area contributed by atoms with Crippen molar-refractivity contribution in [1.82, 2.24) is 4.57 Å². The van der Waals surface area contributed by atoms with Crippen LogP contribution in [0.1, 0.15) is 38.2 Å². The van der Waals surface area contributed by atoms with Crippen LogP contribution in [-0.2, 0) is 16.1 Å². The van der Waals surface area contributed by atoms with Gasteiger partial charge in [0.2, 0.25) is 0 Å². The minimum absolute atomic E-state index is 0.111. The number of hydrogen-bond donors (Lipinski definition) is 1. The molecule has 2 aromatic rings. The topological polar surface area (TPSA) is 94.8 Å². The molecule has 0 amide bonds. The summed E-state index contributed by atoms with van der Waals surface area (Å²) in [6, 6.07) is 2.72. The number of rotatable bonds is 6. The highest BCUT2D eigenvalue weighted by Gasteiger charge is 2.27. The van der Waals surface area contributed by atoms with Crippen molar-refractivity contribution < 1.29 is 24.2 Å². The molecule has 0 saturated carbocycles. The number of carboxylic acid groups (broad SMARTS) is 1. The molecule has 28 heavy (non-hydrogen) atoms. The molecule has 0 bridgehead atoms. The fourth-order valence-electron chi connectivity index (χ4n) is 2.73. The Morgan fingerprint density at radius 1 is 1.14 bits per heavy atom. The molecule has 1 aromatic heterocycles. The van der Waals surface area contributed by atoms with Crippen LogP contribution in [-0.4, -0.2) is 34.8 Å². The van der Waals surface area contributed by atoms with Crippen molar-refractivity contribution in [3.05, 3.63) is 38.2 Å². The van der Waals surface area contributed by atoms with Crippen LogP contribution in [0.4, 0.5) is 0 Å². The van der Waals surface area contributed by atoms with Crippen LogP contribution >= 0.6 is 23.2 Å². The highest BCUT2D eigenvalue weighted by molar-refractivity contribution is 6.42. The van der Waals surface area contributed by atoms with Crippen molar-refractivity contribution in [3.8, 4) is 5.75 Å². The van der Waals surface area contributed by atoms with E-state index in [1.165, 1.54) is 12.1 Å². The molecule has 2 rings (SSSR count). The molecule has 0 unspecified atom stereocenters. The molecule has 0 aliphatic heterocycles. The van der Waals surface area contributed by atoms with Crippen LogP contribution in [0, 0.1) is 5.41 Å². The second-order valence-electron chi connectivity index (χ2n) is 7.34. The minimum Gasteiger partial charge on any atom is -0.479 e. The van der Waals surface area contributed by atoms with Crippen LogP contribution < -0.4 is 10.3 Å². The van der Waals surface area contributed by atoms with Crippen LogP contribution in [0.15, 0.2) is 16.9 Å². The van der Waals surface area contributed by atoms with Gasteiger partial charge in [0.1, 0.15) is 0 Å². The normalized spacial score (nSPS) is 11.5. The highest BCUT2D eigenvalue weighted by atomic mass is 35.5. The Hall–Kier alpha value is -2.25. The number of ether oxygens (including phenoxy) is 2. The van der Waals surface area contributed by atoms with E-state index in [1.54, 1.807) is 6.92 Å². The summed E-state index contributed by atoms with van der Waals surface area (Å²) in [4.78, 5) is 36.8. The largest absolute Gasteiger partial charge is 0.479 e. The zero-order valence-corrected chi connectivity index (χ0v) is 17.5. The Kier molecular flexibility index (Phi) is 6.62. The smallest absolute Gasteiger partial charge is 0.356 e. The van der Waals surface area contributed by atoms with Crippen molar-refractivity contribution in [2.45, 2.75) is 34.2 Å². The predicted molar refractivity (Wildman–Crippen MR) is 107 cm³/mol.